The van der Waals surface area contributed by atoms with E-state index in [9.17, 15) is 9.90 Å². The molecule has 0 aliphatic carbocycles. The van der Waals surface area contributed by atoms with E-state index in [4.69, 9.17) is 0 Å². The first kappa shape index (κ1) is 13.1. The quantitative estimate of drug-likeness (QED) is 0.892. The molecule has 0 saturated carbocycles. The molecule has 1 fully saturated rings. The van der Waals surface area contributed by atoms with E-state index in [1.54, 1.807) is 0 Å². The summed E-state index contributed by atoms with van der Waals surface area (Å²) in [5.41, 5.74) is 1.25. The molecule has 0 amide bonds. The van der Waals surface area contributed by atoms with E-state index < -0.39 is 5.97 Å². The third-order valence-corrected chi connectivity index (χ3v) is 4.09. The highest BCUT2D eigenvalue weighted by Crippen LogP contribution is 2.30. The first-order chi connectivity index (χ1) is 8.59. The number of benzene rings is 1. The van der Waals surface area contributed by atoms with Crippen LogP contribution in [0.15, 0.2) is 30.3 Å². The van der Waals surface area contributed by atoms with Crippen molar-refractivity contribution >= 4 is 5.97 Å². The molecular formula is C15H21NO2. The highest BCUT2D eigenvalue weighted by molar-refractivity contribution is 5.71. The van der Waals surface area contributed by atoms with Crippen molar-refractivity contribution in [1.82, 2.24) is 4.90 Å². The van der Waals surface area contributed by atoms with E-state index in [0.717, 1.165) is 19.5 Å². The summed E-state index contributed by atoms with van der Waals surface area (Å²) in [6.07, 6.45) is 0.966. The first-order valence-corrected chi connectivity index (χ1v) is 6.60. The molecule has 0 spiro atoms. The number of aliphatic carboxylic acids is 1. The molecule has 3 heteroatoms. The molecule has 1 aromatic rings. The number of likely N-dealkylation sites (tertiary alicyclic amines) is 1. The Labute approximate surface area is 108 Å². The molecule has 3 nitrogen and oxygen atoms in total. The van der Waals surface area contributed by atoms with Gasteiger partial charge < -0.3 is 5.11 Å². The molecule has 1 aliphatic rings. The molecule has 1 N–H and O–H groups in total. The Morgan fingerprint density at radius 3 is 2.61 bits per heavy atom. The summed E-state index contributed by atoms with van der Waals surface area (Å²) in [7, 11) is 0. The minimum atomic E-state index is -0.659. The zero-order valence-electron chi connectivity index (χ0n) is 11.0. The van der Waals surface area contributed by atoms with Crippen LogP contribution in [0.3, 0.4) is 0 Å². The van der Waals surface area contributed by atoms with Crippen molar-refractivity contribution < 1.29 is 9.90 Å². The molecule has 18 heavy (non-hydrogen) atoms. The van der Waals surface area contributed by atoms with Gasteiger partial charge in [0.25, 0.3) is 0 Å². The van der Waals surface area contributed by atoms with Gasteiger partial charge in [0.1, 0.15) is 0 Å². The van der Waals surface area contributed by atoms with Crippen LogP contribution in [-0.4, -0.2) is 28.6 Å². The normalized spacial score (nSPS) is 29.1. The Morgan fingerprint density at radius 2 is 2.00 bits per heavy atom. The predicted octanol–water partition coefficient (Wildman–Crippen LogP) is 2.62. The third-order valence-electron chi connectivity index (χ3n) is 4.09. The van der Waals surface area contributed by atoms with Crippen LogP contribution in [-0.2, 0) is 11.3 Å². The van der Waals surface area contributed by atoms with E-state index in [2.05, 4.69) is 24.0 Å². The zero-order valence-corrected chi connectivity index (χ0v) is 11.0. The van der Waals surface area contributed by atoms with E-state index in [1.165, 1.54) is 5.56 Å². The molecule has 2 rings (SSSR count). The number of nitrogens with zero attached hydrogens (tertiary/aromatic N) is 1. The van der Waals surface area contributed by atoms with E-state index in [0.29, 0.717) is 0 Å². The lowest BCUT2D eigenvalue weighted by Gasteiger charge is -2.41. The number of carboxylic acid groups (broad SMARTS) is 1. The number of piperidine rings is 1. The summed E-state index contributed by atoms with van der Waals surface area (Å²) in [6, 6.07) is 10.4. The lowest BCUT2D eigenvalue weighted by molar-refractivity contribution is -0.148. The number of hydrogen-bond acceptors (Lipinski definition) is 2. The van der Waals surface area contributed by atoms with Gasteiger partial charge in [-0.1, -0.05) is 37.3 Å². The Hall–Kier alpha value is -1.35. The molecule has 1 aliphatic heterocycles. The Balaban J connectivity index is 2.08. The fourth-order valence-corrected chi connectivity index (χ4v) is 2.95. The summed E-state index contributed by atoms with van der Waals surface area (Å²) in [6.45, 7) is 5.92. The van der Waals surface area contributed by atoms with Gasteiger partial charge in [-0.3, -0.25) is 9.69 Å². The van der Waals surface area contributed by atoms with Gasteiger partial charge in [0.05, 0.1) is 5.92 Å². The second kappa shape index (κ2) is 5.53. The molecule has 1 heterocycles. The van der Waals surface area contributed by atoms with E-state index >= 15 is 0 Å². The maximum atomic E-state index is 11.3. The second-order valence-electron chi connectivity index (χ2n) is 5.33. The lowest BCUT2D eigenvalue weighted by Crippen LogP contribution is -2.49. The van der Waals surface area contributed by atoms with Crippen molar-refractivity contribution in [3.05, 3.63) is 35.9 Å². The van der Waals surface area contributed by atoms with Crippen LogP contribution >= 0.6 is 0 Å². The van der Waals surface area contributed by atoms with Gasteiger partial charge in [0.15, 0.2) is 0 Å². The third kappa shape index (κ3) is 2.72. The molecule has 0 radical (unpaired) electrons. The fraction of sp³-hybridized carbons (Fsp3) is 0.533. The van der Waals surface area contributed by atoms with Crippen LogP contribution in [0.1, 0.15) is 25.8 Å². The molecule has 3 unspecified atom stereocenters. The van der Waals surface area contributed by atoms with E-state index in [1.807, 2.05) is 25.1 Å². The van der Waals surface area contributed by atoms with Crippen molar-refractivity contribution in [1.29, 1.82) is 0 Å². The SMILES string of the molecule is CC1CCN(Cc2ccccc2)C(C)C1C(=O)O. The number of carbonyl (C=O) groups is 1. The van der Waals surface area contributed by atoms with Crippen molar-refractivity contribution in [3.63, 3.8) is 0 Å². The Morgan fingerprint density at radius 1 is 1.33 bits per heavy atom. The van der Waals surface area contributed by atoms with Crippen molar-refractivity contribution in [2.24, 2.45) is 11.8 Å². The maximum absolute atomic E-state index is 11.3. The van der Waals surface area contributed by atoms with Crippen LogP contribution in [0.5, 0.6) is 0 Å². The minimum Gasteiger partial charge on any atom is -0.481 e. The summed E-state index contributed by atoms with van der Waals surface area (Å²) in [4.78, 5) is 13.6. The van der Waals surface area contributed by atoms with Crippen LogP contribution in [0.25, 0.3) is 0 Å². The fourth-order valence-electron chi connectivity index (χ4n) is 2.95. The average Bonchev–Trinajstić information content (AvgIpc) is 2.34. The van der Waals surface area contributed by atoms with E-state index in [-0.39, 0.29) is 17.9 Å². The smallest absolute Gasteiger partial charge is 0.308 e. The van der Waals surface area contributed by atoms with Gasteiger partial charge in [-0.25, -0.2) is 0 Å². The minimum absolute atomic E-state index is 0.103. The molecule has 3 atom stereocenters. The van der Waals surface area contributed by atoms with Crippen LogP contribution in [0.4, 0.5) is 0 Å². The molecule has 1 aromatic carbocycles. The van der Waals surface area contributed by atoms with Crippen molar-refractivity contribution in [3.8, 4) is 0 Å². The highest BCUT2D eigenvalue weighted by atomic mass is 16.4. The topological polar surface area (TPSA) is 40.5 Å². The first-order valence-electron chi connectivity index (χ1n) is 6.60. The summed E-state index contributed by atoms with van der Waals surface area (Å²) >= 11 is 0. The van der Waals surface area contributed by atoms with Gasteiger partial charge in [-0.15, -0.1) is 0 Å². The number of carboxylic acids is 1. The van der Waals surface area contributed by atoms with Gasteiger partial charge in [0.2, 0.25) is 0 Å². The number of hydrogen-bond donors (Lipinski definition) is 1. The zero-order chi connectivity index (χ0) is 13.1. The molecule has 98 valence electrons. The van der Waals surface area contributed by atoms with Gasteiger partial charge >= 0.3 is 5.97 Å². The van der Waals surface area contributed by atoms with Crippen molar-refractivity contribution in [2.75, 3.05) is 6.54 Å². The van der Waals surface area contributed by atoms with Gasteiger partial charge in [0, 0.05) is 12.6 Å². The van der Waals surface area contributed by atoms with Crippen molar-refractivity contribution in [2.45, 2.75) is 32.9 Å². The predicted molar refractivity (Wildman–Crippen MR) is 71.2 cm³/mol. The Kier molecular flexibility index (Phi) is 4.02. The number of rotatable bonds is 3. The Bertz CT molecular complexity index is 404. The summed E-state index contributed by atoms with van der Waals surface area (Å²) in [5, 5.41) is 9.34. The largest absolute Gasteiger partial charge is 0.481 e. The van der Waals surface area contributed by atoms with Gasteiger partial charge in [-0.2, -0.15) is 0 Å². The summed E-state index contributed by atoms with van der Waals surface area (Å²) in [5.74, 6) is -0.639. The summed E-state index contributed by atoms with van der Waals surface area (Å²) < 4.78 is 0. The lowest BCUT2D eigenvalue weighted by atomic mass is 9.81. The second-order valence-corrected chi connectivity index (χ2v) is 5.33. The average molecular weight is 247 g/mol. The van der Waals surface area contributed by atoms with Crippen LogP contribution in [0.2, 0.25) is 0 Å². The highest BCUT2D eigenvalue weighted by Gasteiger charge is 2.37. The van der Waals surface area contributed by atoms with Crippen LogP contribution < -0.4 is 0 Å². The molecule has 0 aromatic heterocycles. The molecule has 0 bridgehead atoms. The monoisotopic (exact) mass is 247 g/mol. The molecule has 1 saturated heterocycles. The molecular weight excluding hydrogens is 226 g/mol. The standard InChI is InChI=1S/C15H21NO2/c1-11-8-9-16(12(2)14(11)15(17)18)10-13-6-4-3-5-7-13/h3-7,11-12,14H,8-10H2,1-2H3,(H,17,18). The maximum Gasteiger partial charge on any atom is 0.308 e. The van der Waals surface area contributed by atoms with Crippen LogP contribution in [0, 0.1) is 11.8 Å². The van der Waals surface area contributed by atoms with Gasteiger partial charge in [-0.05, 0) is 31.4 Å².